The third-order valence-corrected chi connectivity index (χ3v) is 0.834. The van der Waals surface area contributed by atoms with Gasteiger partial charge in [0.2, 0.25) is 0 Å². The molecule has 0 saturated carbocycles. The Labute approximate surface area is 62.7 Å². The zero-order chi connectivity index (χ0) is 7.98. The largest absolute Gasteiger partial charge is 0.283 e. The van der Waals surface area contributed by atoms with E-state index in [-0.39, 0.29) is 0 Å². The highest BCUT2D eigenvalue weighted by Gasteiger charge is 1.84. The van der Waals surface area contributed by atoms with Crippen LogP contribution in [0.4, 0.5) is 0 Å². The van der Waals surface area contributed by atoms with Gasteiger partial charge in [0.15, 0.2) is 0 Å². The van der Waals surface area contributed by atoms with Crippen LogP contribution in [0.25, 0.3) is 0 Å². The molecule has 2 heteroatoms. The van der Waals surface area contributed by atoms with Gasteiger partial charge >= 0.3 is 0 Å². The molecule has 1 rings (SSSR count). The number of nitrogens with one attached hydrogen (secondary N) is 1. The maximum absolute atomic E-state index is 3.89. The van der Waals surface area contributed by atoms with Crippen molar-refractivity contribution in [3.8, 4) is 0 Å². The molecule has 1 heterocycles. The van der Waals surface area contributed by atoms with E-state index >= 15 is 0 Å². The van der Waals surface area contributed by atoms with Gasteiger partial charge in [0.1, 0.15) is 0 Å². The van der Waals surface area contributed by atoms with Crippen LogP contribution in [0.2, 0.25) is 0 Å². The Morgan fingerprint density at radius 3 is 2.00 bits per heavy atom. The van der Waals surface area contributed by atoms with Gasteiger partial charge in [0.05, 0.1) is 5.69 Å². The first-order chi connectivity index (χ1) is 4.70. The van der Waals surface area contributed by atoms with Gasteiger partial charge < -0.3 is 0 Å². The topological polar surface area (TPSA) is 28.7 Å². The first kappa shape index (κ1) is 9.21. The highest BCUT2D eigenvalue weighted by molar-refractivity contribution is 5.03. The SMILES string of the molecule is CCC.Cc1cc(C)[nH]n1. The summed E-state index contributed by atoms with van der Waals surface area (Å²) < 4.78 is 0. The molecule has 0 amide bonds. The summed E-state index contributed by atoms with van der Waals surface area (Å²) in [7, 11) is 0. The Balaban J connectivity index is 0.000000236. The average Bonchev–Trinajstić information content (AvgIpc) is 2.17. The van der Waals surface area contributed by atoms with E-state index in [1.165, 1.54) is 6.42 Å². The summed E-state index contributed by atoms with van der Waals surface area (Å²) in [5, 5.41) is 6.71. The van der Waals surface area contributed by atoms with Crippen molar-refractivity contribution in [1.82, 2.24) is 10.2 Å². The molecule has 2 nitrogen and oxygen atoms in total. The van der Waals surface area contributed by atoms with Crippen molar-refractivity contribution in [3.63, 3.8) is 0 Å². The maximum Gasteiger partial charge on any atom is 0.0593 e. The quantitative estimate of drug-likeness (QED) is 0.589. The van der Waals surface area contributed by atoms with Gasteiger partial charge in [-0.15, -0.1) is 0 Å². The van der Waals surface area contributed by atoms with Crippen LogP contribution in [-0.4, -0.2) is 10.2 Å². The second-order valence-corrected chi connectivity index (χ2v) is 2.40. The van der Waals surface area contributed by atoms with Gasteiger partial charge in [-0.25, -0.2) is 0 Å². The molecule has 0 spiro atoms. The van der Waals surface area contributed by atoms with Crippen molar-refractivity contribution < 1.29 is 0 Å². The lowest BCUT2D eigenvalue weighted by Gasteiger charge is -1.68. The molecular formula is C8H16N2. The fourth-order valence-electron chi connectivity index (χ4n) is 0.554. The molecule has 10 heavy (non-hydrogen) atoms. The Morgan fingerprint density at radius 1 is 1.40 bits per heavy atom. The van der Waals surface area contributed by atoms with E-state index in [0.29, 0.717) is 0 Å². The van der Waals surface area contributed by atoms with Crippen molar-refractivity contribution in [3.05, 3.63) is 17.5 Å². The Morgan fingerprint density at radius 2 is 1.90 bits per heavy atom. The van der Waals surface area contributed by atoms with E-state index in [1.54, 1.807) is 0 Å². The normalized spacial score (nSPS) is 8.40. The van der Waals surface area contributed by atoms with Crippen LogP contribution in [0, 0.1) is 13.8 Å². The number of H-pyrrole nitrogens is 1. The number of hydrogen-bond acceptors (Lipinski definition) is 1. The van der Waals surface area contributed by atoms with Crippen LogP contribution in [0.5, 0.6) is 0 Å². The third-order valence-electron chi connectivity index (χ3n) is 0.834. The fourth-order valence-corrected chi connectivity index (χ4v) is 0.554. The molecule has 58 valence electrons. The molecule has 0 aliphatic carbocycles. The molecule has 0 bridgehead atoms. The van der Waals surface area contributed by atoms with Crippen LogP contribution in [0.3, 0.4) is 0 Å². The summed E-state index contributed by atoms with van der Waals surface area (Å²) in [4.78, 5) is 0. The minimum absolute atomic E-state index is 1.05. The molecule has 1 aromatic heterocycles. The van der Waals surface area contributed by atoms with Crippen molar-refractivity contribution in [1.29, 1.82) is 0 Å². The van der Waals surface area contributed by atoms with E-state index in [2.05, 4.69) is 24.0 Å². The van der Waals surface area contributed by atoms with Crippen molar-refractivity contribution in [2.75, 3.05) is 0 Å². The number of aromatic amines is 1. The standard InChI is InChI=1S/C5H8N2.C3H8/c1-4-3-5(2)7-6-4;1-3-2/h3H,1-2H3,(H,6,7);3H2,1-2H3. The van der Waals surface area contributed by atoms with E-state index in [4.69, 9.17) is 0 Å². The lowest BCUT2D eigenvalue weighted by Crippen LogP contribution is -1.68. The molecular weight excluding hydrogens is 124 g/mol. The second kappa shape index (κ2) is 5.03. The van der Waals surface area contributed by atoms with Crippen molar-refractivity contribution >= 4 is 0 Å². The Kier molecular flexibility index (Phi) is 4.63. The van der Waals surface area contributed by atoms with Gasteiger partial charge in [-0.05, 0) is 19.9 Å². The summed E-state index contributed by atoms with van der Waals surface area (Å²) in [6.07, 6.45) is 1.25. The fraction of sp³-hybridized carbons (Fsp3) is 0.625. The first-order valence-corrected chi connectivity index (χ1v) is 3.69. The number of aromatic nitrogens is 2. The number of nitrogens with zero attached hydrogens (tertiary/aromatic N) is 1. The van der Waals surface area contributed by atoms with E-state index in [1.807, 2.05) is 19.9 Å². The molecule has 0 aromatic carbocycles. The van der Waals surface area contributed by atoms with E-state index in [9.17, 15) is 0 Å². The molecule has 0 saturated heterocycles. The number of aryl methyl sites for hydroxylation is 2. The number of hydrogen-bond donors (Lipinski definition) is 1. The third kappa shape index (κ3) is 4.13. The predicted octanol–water partition coefficient (Wildman–Crippen LogP) is 2.44. The zero-order valence-corrected chi connectivity index (χ0v) is 7.23. The van der Waals surface area contributed by atoms with Gasteiger partial charge in [0.25, 0.3) is 0 Å². The molecule has 0 unspecified atom stereocenters. The molecule has 0 aliphatic heterocycles. The molecule has 1 N–H and O–H groups in total. The highest BCUT2D eigenvalue weighted by atomic mass is 15.1. The zero-order valence-electron chi connectivity index (χ0n) is 7.23. The monoisotopic (exact) mass is 140 g/mol. The van der Waals surface area contributed by atoms with Crippen LogP contribution in [0.15, 0.2) is 6.07 Å². The molecule has 1 aromatic rings. The number of rotatable bonds is 0. The Bertz CT molecular complexity index is 151. The summed E-state index contributed by atoms with van der Waals surface area (Å²) in [5.74, 6) is 0. The van der Waals surface area contributed by atoms with Crippen LogP contribution in [0.1, 0.15) is 31.7 Å². The van der Waals surface area contributed by atoms with Gasteiger partial charge in [-0.2, -0.15) is 5.10 Å². The smallest absolute Gasteiger partial charge is 0.0593 e. The minimum atomic E-state index is 1.05. The second-order valence-electron chi connectivity index (χ2n) is 2.40. The molecule has 0 fully saturated rings. The van der Waals surface area contributed by atoms with Gasteiger partial charge in [-0.3, -0.25) is 5.10 Å². The molecule has 0 atom stereocenters. The lowest BCUT2D eigenvalue weighted by molar-refractivity contribution is 1.02. The summed E-state index contributed by atoms with van der Waals surface area (Å²) >= 11 is 0. The van der Waals surface area contributed by atoms with E-state index in [0.717, 1.165) is 11.4 Å². The summed E-state index contributed by atoms with van der Waals surface area (Å²) in [5.41, 5.74) is 2.18. The summed E-state index contributed by atoms with van der Waals surface area (Å²) in [6, 6.07) is 2.00. The van der Waals surface area contributed by atoms with Gasteiger partial charge in [-0.1, -0.05) is 20.3 Å². The van der Waals surface area contributed by atoms with E-state index < -0.39 is 0 Å². The Hall–Kier alpha value is -0.790. The lowest BCUT2D eigenvalue weighted by atomic mass is 10.4. The van der Waals surface area contributed by atoms with Crippen LogP contribution >= 0.6 is 0 Å². The highest BCUT2D eigenvalue weighted by Crippen LogP contribution is 1.92. The average molecular weight is 140 g/mol. The molecule has 0 aliphatic rings. The van der Waals surface area contributed by atoms with Gasteiger partial charge in [0, 0.05) is 5.69 Å². The van der Waals surface area contributed by atoms with Crippen LogP contribution < -0.4 is 0 Å². The minimum Gasteiger partial charge on any atom is -0.283 e. The predicted molar refractivity (Wildman–Crippen MR) is 44.0 cm³/mol. The van der Waals surface area contributed by atoms with Crippen molar-refractivity contribution in [2.45, 2.75) is 34.1 Å². The first-order valence-electron chi connectivity index (χ1n) is 3.69. The summed E-state index contributed by atoms with van der Waals surface area (Å²) in [6.45, 7) is 8.20. The molecule has 0 radical (unpaired) electrons. The van der Waals surface area contributed by atoms with Crippen molar-refractivity contribution in [2.24, 2.45) is 0 Å². The van der Waals surface area contributed by atoms with Crippen LogP contribution in [-0.2, 0) is 0 Å². The maximum atomic E-state index is 3.89.